The van der Waals surface area contributed by atoms with Gasteiger partial charge in [-0.15, -0.1) is 5.10 Å². The van der Waals surface area contributed by atoms with Gasteiger partial charge in [-0.3, -0.25) is 9.69 Å². The smallest absolute Gasteiger partial charge is 0.315 e. The van der Waals surface area contributed by atoms with Crippen molar-refractivity contribution >= 4 is 11.9 Å². The van der Waals surface area contributed by atoms with Crippen molar-refractivity contribution in [3.05, 3.63) is 76.6 Å². The maximum Gasteiger partial charge on any atom is 0.325 e. The van der Waals surface area contributed by atoms with Gasteiger partial charge in [0.2, 0.25) is 0 Å². The van der Waals surface area contributed by atoms with Crippen LogP contribution in [0.4, 0.5) is 4.79 Å². The van der Waals surface area contributed by atoms with Crippen molar-refractivity contribution in [3.8, 4) is 0 Å². The summed E-state index contributed by atoms with van der Waals surface area (Å²) in [7, 11) is 0. The summed E-state index contributed by atoms with van der Waals surface area (Å²) < 4.78 is 1.62. The lowest BCUT2D eigenvalue weighted by atomic mass is 9.81. The van der Waals surface area contributed by atoms with Crippen LogP contribution in [0.5, 0.6) is 0 Å². The number of hydrogen-bond donors (Lipinski definition) is 1. The molecule has 30 heavy (non-hydrogen) atoms. The van der Waals surface area contributed by atoms with E-state index in [4.69, 9.17) is 0 Å². The zero-order valence-electron chi connectivity index (χ0n) is 17.3. The van der Waals surface area contributed by atoms with Crippen LogP contribution < -0.4 is 5.32 Å². The molecule has 0 saturated carbocycles. The summed E-state index contributed by atoms with van der Waals surface area (Å²) in [4.78, 5) is 28.0. The lowest BCUT2D eigenvalue weighted by molar-refractivity contribution is -0.130. The van der Waals surface area contributed by atoms with Crippen LogP contribution in [-0.2, 0) is 23.4 Å². The number of carbonyl (C=O) groups is 2. The van der Waals surface area contributed by atoms with Gasteiger partial charge in [0.15, 0.2) is 11.4 Å². The maximum absolute atomic E-state index is 13.8. The van der Waals surface area contributed by atoms with Crippen molar-refractivity contribution in [2.75, 3.05) is 0 Å². The predicted octanol–water partition coefficient (Wildman–Crippen LogP) is 2.70. The minimum absolute atomic E-state index is 0.0110. The second-order valence-electron chi connectivity index (χ2n) is 7.55. The number of hydrogen-bond acceptors (Lipinski definition) is 5. The molecule has 1 aliphatic heterocycles. The van der Waals surface area contributed by atoms with Crippen molar-refractivity contribution < 1.29 is 9.59 Å². The highest BCUT2D eigenvalue weighted by atomic mass is 16.2. The zero-order valence-corrected chi connectivity index (χ0v) is 17.3. The van der Waals surface area contributed by atoms with Gasteiger partial charge < -0.3 is 5.32 Å². The highest BCUT2D eigenvalue weighted by Gasteiger charge is 2.54. The van der Waals surface area contributed by atoms with Gasteiger partial charge in [-0.2, -0.15) is 0 Å². The SMILES string of the molecule is CCCn1nnnc1CN1C(=O)N[C@@](c2ccccc2)(c2ccc(C)c(C)c2)C1=O. The fraction of sp³-hybridized carbons (Fsp3) is 0.318. The van der Waals surface area contributed by atoms with Crippen LogP contribution in [-0.4, -0.2) is 37.0 Å². The number of benzene rings is 2. The van der Waals surface area contributed by atoms with E-state index in [1.807, 2.05) is 69.3 Å². The Kier molecular flexibility index (Phi) is 5.07. The molecule has 3 amide bonds. The molecule has 8 nitrogen and oxygen atoms in total. The summed E-state index contributed by atoms with van der Waals surface area (Å²) >= 11 is 0. The van der Waals surface area contributed by atoms with E-state index >= 15 is 0 Å². The van der Waals surface area contributed by atoms with Crippen LogP contribution in [0.2, 0.25) is 0 Å². The molecule has 4 rings (SSSR count). The minimum Gasteiger partial charge on any atom is -0.315 e. The summed E-state index contributed by atoms with van der Waals surface area (Å²) in [6.07, 6.45) is 0.842. The topological polar surface area (TPSA) is 93.0 Å². The lowest BCUT2D eigenvalue weighted by Gasteiger charge is -2.28. The molecule has 1 N–H and O–H groups in total. The van der Waals surface area contributed by atoms with Crippen molar-refractivity contribution in [1.82, 2.24) is 30.4 Å². The van der Waals surface area contributed by atoms with E-state index in [9.17, 15) is 9.59 Å². The molecule has 0 aliphatic carbocycles. The Morgan fingerprint density at radius 1 is 1.00 bits per heavy atom. The van der Waals surface area contributed by atoms with Crippen LogP contribution in [0.15, 0.2) is 48.5 Å². The monoisotopic (exact) mass is 404 g/mol. The molecule has 2 aromatic carbocycles. The van der Waals surface area contributed by atoms with Crippen molar-refractivity contribution in [1.29, 1.82) is 0 Å². The van der Waals surface area contributed by atoms with E-state index in [0.29, 0.717) is 17.9 Å². The van der Waals surface area contributed by atoms with Gasteiger partial charge in [-0.05, 0) is 52.9 Å². The van der Waals surface area contributed by atoms with E-state index < -0.39 is 11.6 Å². The number of nitrogens with zero attached hydrogens (tertiary/aromatic N) is 5. The number of carbonyl (C=O) groups excluding carboxylic acids is 2. The molecule has 0 unspecified atom stereocenters. The number of nitrogens with one attached hydrogen (secondary N) is 1. The Morgan fingerprint density at radius 2 is 1.77 bits per heavy atom. The first-order valence-electron chi connectivity index (χ1n) is 9.99. The van der Waals surface area contributed by atoms with Gasteiger partial charge in [0.1, 0.15) is 0 Å². The highest BCUT2D eigenvalue weighted by Crippen LogP contribution is 2.37. The second-order valence-corrected chi connectivity index (χ2v) is 7.55. The molecular formula is C22H24N6O2. The Labute approximate surface area is 174 Å². The minimum atomic E-state index is -1.29. The quantitative estimate of drug-likeness (QED) is 0.638. The van der Waals surface area contributed by atoms with Gasteiger partial charge in [0, 0.05) is 6.54 Å². The van der Waals surface area contributed by atoms with Crippen LogP contribution >= 0.6 is 0 Å². The number of rotatable bonds is 6. The predicted molar refractivity (Wildman–Crippen MR) is 110 cm³/mol. The molecule has 3 aromatic rings. The van der Waals surface area contributed by atoms with Crippen LogP contribution in [0.1, 0.15) is 41.4 Å². The third-order valence-electron chi connectivity index (χ3n) is 5.59. The average molecular weight is 404 g/mol. The van der Waals surface area contributed by atoms with E-state index in [1.165, 1.54) is 4.90 Å². The normalized spacial score (nSPS) is 18.7. The molecule has 1 aromatic heterocycles. The standard InChI is InChI=1S/C22H24N6O2/c1-4-12-28-19(24-25-26-28)14-27-20(29)22(23-21(27)30,17-8-6-5-7-9-17)18-11-10-15(2)16(3)13-18/h5-11,13H,4,12,14H2,1-3H3,(H,23,30)/t22-/m0/s1. The number of urea groups is 1. The molecule has 0 spiro atoms. The summed E-state index contributed by atoms with van der Waals surface area (Å²) in [5.74, 6) is 0.136. The fourth-order valence-corrected chi connectivity index (χ4v) is 3.80. The average Bonchev–Trinajstić information content (AvgIpc) is 3.29. The molecule has 0 bridgehead atoms. The van der Waals surface area contributed by atoms with E-state index in [2.05, 4.69) is 20.8 Å². The maximum atomic E-state index is 13.8. The molecule has 154 valence electrons. The van der Waals surface area contributed by atoms with Gasteiger partial charge in [-0.1, -0.05) is 55.5 Å². The van der Waals surface area contributed by atoms with Gasteiger partial charge in [0.05, 0.1) is 6.54 Å². The van der Waals surface area contributed by atoms with Crippen LogP contribution in [0.3, 0.4) is 0 Å². The first-order chi connectivity index (χ1) is 14.5. The Balaban J connectivity index is 1.80. The molecule has 1 aliphatic rings. The molecule has 8 heteroatoms. The van der Waals surface area contributed by atoms with E-state index in [0.717, 1.165) is 23.1 Å². The summed E-state index contributed by atoms with van der Waals surface area (Å²) in [6.45, 7) is 6.65. The number of aryl methyl sites for hydroxylation is 3. The van der Waals surface area contributed by atoms with E-state index in [1.54, 1.807) is 4.68 Å². The van der Waals surface area contributed by atoms with Gasteiger partial charge in [-0.25, -0.2) is 9.48 Å². The Morgan fingerprint density at radius 3 is 2.47 bits per heavy atom. The second kappa shape index (κ2) is 7.70. The summed E-state index contributed by atoms with van der Waals surface area (Å²) in [6, 6.07) is 14.7. The Hall–Kier alpha value is -3.55. The van der Waals surface area contributed by atoms with Crippen molar-refractivity contribution in [2.45, 2.75) is 45.8 Å². The third kappa shape index (κ3) is 3.14. The molecule has 1 saturated heterocycles. The van der Waals surface area contributed by atoms with Crippen molar-refractivity contribution in [3.63, 3.8) is 0 Å². The summed E-state index contributed by atoms with van der Waals surface area (Å²) in [5.41, 5.74) is 2.32. The number of aromatic nitrogens is 4. The van der Waals surface area contributed by atoms with Crippen LogP contribution in [0, 0.1) is 13.8 Å². The third-order valence-corrected chi connectivity index (χ3v) is 5.59. The fourth-order valence-electron chi connectivity index (χ4n) is 3.80. The van der Waals surface area contributed by atoms with Gasteiger partial charge >= 0.3 is 6.03 Å². The Bertz CT molecular complexity index is 1090. The number of tetrazole rings is 1. The summed E-state index contributed by atoms with van der Waals surface area (Å²) in [5, 5.41) is 14.6. The molecule has 1 atom stereocenters. The zero-order chi connectivity index (χ0) is 21.3. The molecule has 0 radical (unpaired) electrons. The number of amides is 3. The first-order valence-corrected chi connectivity index (χ1v) is 9.99. The van der Waals surface area contributed by atoms with Crippen molar-refractivity contribution in [2.24, 2.45) is 0 Å². The largest absolute Gasteiger partial charge is 0.325 e. The molecular weight excluding hydrogens is 380 g/mol. The van der Waals surface area contributed by atoms with Crippen LogP contribution in [0.25, 0.3) is 0 Å². The first kappa shape index (κ1) is 19.8. The lowest BCUT2D eigenvalue weighted by Crippen LogP contribution is -2.45. The molecule has 1 fully saturated rings. The highest BCUT2D eigenvalue weighted by molar-refractivity contribution is 6.09. The van der Waals surface area contributed by atoms with E-state index in [-0.39, 0.29) is 12.5 Å². The molecule has 2 heterocycles. The number of imide groups is 1. The van der Waals surface area contributed by atoms with Gasteiger partial charge in [0.25, 0.3) is 5.91 Å².